The molecule has 29 heavy (non-hydrogen) atoms. The third-order valence-corrected chi connectivity index (χ3v) is 4.93. The van der Waals surface area contributed by atoms with Crippen LogP contribution in [0.5, 0.6) is 5.75 Å². The van der Waals surface area contributed by atoms with Crippen LogP contribution in [0.3, 0.4) is 0 Å². The van der Waals surface area contributed by atoms with Crippen LogP contribution in [0.15, 0.2) is 86.8 Å². The number of hydrazone groups is 1. The Morgan fingerprint density at radius 3 is 2.38 bits per heavy atom. The van der Waals surface area contributed by atoms with E-state index in [0.717, 1.165) is 31.5 Å². The van der Waals surface area contributed by atoms with Gasteiger partial charge in [0.1, 0.15) is 12.4 Å². The fraction of sp³-hybridized carbons (Fsp3) is 0.0909. The van der Waals surface area contributed by atoms with E-state index in [9.17, 15) is 4.79 Å². The topological polar surface area (TPSA) is 62.7 Å². The highest BCUT2D eigenvalue weighted by Crippen LogP contribution is 2.16. The molecule has 3 aromatic carbocycles. The first-order valence-corrected chi connectivity index (χ1v) is 10.5. The Morgan fingerprint density at radius 2 is 1.66 bits per heavy atom. The van der Waals surface area contributed by atoms with Crippen molar-refractivity contribution in [2.45, 2.75) is 6.61 Å². The number of rotatable bonds is 8. The lowest BCUT2D eigenvalue weighted by Crippen LogP contribution is -2.25. The van der Waals surface area contributed by atoms with E-state index in [4.69, 9.17) is 4.74 Å². The van der Waals surface area contributed by atoms with Crippen molar-refractivity contribution in [1.82, 2.24) is 5.43 Å². The third kappa shape index (κ3) is 7.36. The summed E-state index contributed by atoms with van der Waals surface area (Å²) in [6.45, 7) is 0.613. The third-order valence-electron chi connectivity index (χ3n) is 3.88. The fourth-order valence-corrected chi connectivity index (χ4v) is 2.93. The number of halogens is 2. The summed E-state index contributed by atoms with van der Waals surface area (Å²) in [5.74, 6) is 0.506. The average Bonchev–Trinajstić information content (AvgIpc) is 2.73. The molecule has 2 N–H and O–H groups in total. The molecule has 0 fully saturated rings. The van der Waals surface area contributed by atoms with E-state index in [1.165, 1.54) is 0 Å². The first-order chi connectivity index (χ1) is 14.1. The van der Waals surface area contributed by atoms with Crippen molar-refractivity contribution in [1.29, 1.82) is 0 Å². The highest BCUT2D eigenvalue weighted by atomic mass is 79.9. The van der Waals surface area contributed by atoms with Gasteiger partial charge in [0.2, 0.25) is 0 Å². The minimum atomic E-state index is -0.230. The van der Waals surface area contributed by atoms with Gasteiger partial charge in [-0.25, -0.2) is 5.43 Å². The summed E-state index contributed by atoms with van der Waals surface area (Å²) < 4.78 is 7.84. The van der Waals surface area contributed by atoms with Crippen LogP contribution in [0.25, 0.3) is 0 Å². The summed E-state index contributed by atoms with van der Waals surface area (Å²) >= 11 is 6.79. The number of amides is 1. The molecule has 0 unspecified atom stereocenters. The van der Waals surface area contributed by atoms with Gasteiger partial charge in [-0.1, -0.05) is 56.1 Å². The first kappa shape index (κ1) is 21.1. The van der Waals surface area contributed by atoms with Gasteiger partial charge in [0.15, 0.2) is 0 Å². The van der Waals surface area contributed by atoms with E-state index in [1.54, 1.807) is 6.21 Å². The lowest BCUT2D eigenvalue weighted by Gasteiger charge is -2.07. The fourth-order valence-electron chi connectivity index (χ4n) is 2.40. The van der Waals surface area contributed by atoms with Crippen molar-refractivity contribution < 1.29 is 9.53 Å². The number of ether oxygens (including phenoxy) is 1. The second-order valence-electron chi connectivity index (χ2n) is 6.14. The maximum absolute atomic E-state index is 11.9. The molecule has 1 amide bonds. The average molecular weight is 517 g/mol. The SMILES string of the molecule is O=C(CNc1ccc(Br)cc1)N/N=C\c1cccc(OCc2ccc(Br)cc2)c1. The largest absolute Gasteiger partial charge is 0.489 e. The Morgan fingerprint density at radius 1 is 0.966 bits per heavy atom. The van der Waals surface area contributed by atoms with Crippen molar-refractivity contribution in [3.05, 3.63) is 92.9 Å². The Balaban J connectivity index is 1.46. The van der Waals surface area contributed by atoms with E-state index in [-0.39, 0.29) is 12.5 Å². The molecule has 5 nitrogen and oxygen atoms in total. The van der Waals surface area contributed by atoms with Crippen molar-refractivity contribution >= 4 is 49.7 Å². The van der Waals surface area contributed by atoms with Crippen LogP contribution >= 0.6 is 31.9 Å². The molecular formula is C22H19Br2N3O2. The molecule has 0 aliphatic heterocycles. The summed E-state index contributed by atoms with van der Waals surface area (Å²) in [6, 6.07) is 23.1. The Labute approximate surface area is 186 Å². The molecule has 0 bridgehead atoms. The van der Waals surface area contributed by atoms with Gasteiger partial charge in [0.25, 0.3) is 5.91 Å². The zero-order chi connectivity index (χ0) is 20.5. The van der Waals surface area contributed by atoms with Gasteiger partial charge in [0, 0.05) is 14.6 Å². The zero-order valence-corrected chi connectivity index (χ0v) is 18.6. The minimum Gasteiger partial charge on any atom is -0.489 e. The van der Waals surface area contributed by atoms with Crippen molar-refractivity contribution in [2.75, 3.05) is 11.9 Å². The lowest BCUT2D eigenvalue weighted by atomic mass is 10.2. The number of nitrogens with one attached hydrogen (secondary N) is 2. The van der Waals surface area contributed by atoms with E-state index < -0.39 is 0 Å². The molecule has 0 heterocycles. The number of hydrogen-bond donors (Lipinski definition) is 2. The van der Waals surface area contributed by atoms with Crippen LogP contribution in [0, 0.1) is 0 Å². The molecule has 0 aliphatic carbocycles. The van der Waals surface area contributed by atoms with Crippen LogP contribution in [0.4, 0.5) is 5.69 Å². The van der Waals surface area contributed by atoms with Gasteiger partial charge < -0.3 is 10.1 Å². The maximum Gasteiger partial charge on any atom is 0.259 e. The van der Waals surface area contributed by atoms with E-state index in [0.29, 0.717) is 6.61 Å². The maximum atomic E-state index is 11.9. The van der Waals surface area contributed by atoms with Crippen molar-refractivity contribution in [2.24, 2.45) is 5.10 Å². The van der Waals surface area contributed by atoms with E-state index in [2.05, 4.69) is 47.7 Å². The zero-order valence-electron chi connectivity index (χ0n) is 15.4. The van der Waals surface area contributed by atoms with Crippen LogP contribution in [0.2, 0.25) is 0 Å². The molecule has 0 saturated carbocycles. The number of hydrogen-bond acceptors (Lipinski definition) is 4. The lowest BCUT2D eigenvalue weighted by molar-refractivity contribution is -0.119. The van der Waals surface area contributed by atoms with Crippen LogP contribution < -0.4 is 15.5 Å². The molecule has 0 spiro atoms. The molecule has 0 aliphatic rings. The molecule has 3 aromatic rings. The van der Waals surface area contributed by atoms with Gasteiger partial charge in [-0.15, -0.1) is 0 Å². The normalized spacial score (nSPS) is 10.7. The Kier molecular flexibility index (Phi) is 7.84. The highest BCUT2D eigenvalue weighted by Gasteiger charge is 2.00. The number of carbonyl (C=O) groups is 1. The number of carbonyl (C=O) groups excluding carboxylic acids is 1. The van der Waals surface area contributed by atoms with Crippen molar-refractivity contribution in [3.63, 3.8) is 0 Å². The molecule has 7 heteroatoms. The van der Waals surface area contributed by atoms with Gasteiger partial charge in [-0.05, 0) is 59.7 Å². The summed E-state index contributed by atoms with van der Waals surface area (Å²) in [6.07, 6.45) is 1.59. The molecule has 3 rings (SSSR count). The second kappa shape index (κ2) is 10.8. The molecule has 0 atom stereocenters. The summed E-state index contributed by atoms with van der Waals surface area (Å²) in [5, 5.41) is 7.04. The smallest absolute Gasteiger partial charge is 0.259 e. The number of nitrogens with zero attached hydrogens (tertiary/aromatic N) is 1. The predicted molar refractivity (Wildman–Crippen MR) is 123 cm³/mol. The minimum absolute atomic E-state index is 0.134. The van der Waals surface area contributed by atoms with Gasteiger partial charge in [0.05, 0.1) is 12.8 Å². The van der Waals surface area contributed by atoms with Gasteiger partial charge in [-0.2, -0.15) is 5.10 Å². The monoisotopic (exact) mass is 515 g/mol. The van der Waals surface area contributed by atoms with Gasteiger partial charge >= 0.3 is 0 Å². The molecule has 0 aromatic heterocycles. The van der Waals surface area contributed by atoms with Crippen LogP contribution in [0.1, 0.15) is 11.1 Å². The second-order valence-corrected chi connectivity index (χ2v) is 7.97. The van der Waals surface area contributed by atoms with E-state index >= 15 is 0 Å². The number of benzene rings is 3. The Bertz CT molecular complexity index is 974. The highest BCUT2D eigenvalue weighted by molar-refractivity contribution is 9.10. The standard InChI is InChI=1S/C22H19Br2N3O2/c23-18-6-4-16(5-7-18)15-29-21-3-1-2-17(12-21)13-26-27-22(28)14-25-20-10-8-19(24)9-11-20/h1-13,25H,14-15H2,(H,27,28)/b26-13-. The van der Waals surface area contributed by atoms with Crippen LogP contribution in [-0.4, -0.2) is 18.7 Å². The molecule has 0 radical (unpaired) electrons. The number of anilines is 1. The van der Waals surface area contributed by atoms with E-state index in [1.807, 2.05) is 72.8 Å². The first-order valence-electron chi connectivity index (χ1n) is 8.87. The molecule has 148 valence electrons. The molecular weight excluding hydrogens is 498 g/mol. The summed E-state index contributed by atoms with van der Waals surface area (Å²) in [4.78, 5) is 11.9. The molecule has 0 saturated heterocycles. The predicted octanol–water partition coefficient (Wildman–Crippen LogP) is 5.35. The summed E-state index contributed by atoms with van der Waals surface area (Å²) in [5.41, 5.74) is 5.29. The summed E-state index contributed by atoms with van der Waals surface area (Å²) in [7, 11) is 0. The van der Waals surface area contributed by atoms with Crippen molar-refractivity contribution in [3.8, 4) is 5.75 Å². The Hall–Kier alpha value is -2.64. The quantitative estimate of drug-likeness (QED) is 0.313. The van der Waals surface area contributed by atoms with Crippen LogP contribution in [-0.2, 0) is 11.4 Å². The van der Waals surface area contributed by atoms with Gasteiger partial charge in [-0.3, -0.25) is 4.79 Å².